The van der Waals surface area contributed by atoms with Gasteiger partial charge in [-0.1, -0.05) is 54.1 Å². The fourth-order valence-electron chi connectivity index (χ4n) is 5.00. The van der Waals surface area contributed by atoms with Crippen molar-refractivity contribution < 1.29 is 14.0 Å². The standard InChI is InChI=1S/C28H25FN2O2/c1-17-10-12-19(13-11-17)21-15-24-27(26(33)16-21)28(20-6-5-7-22(29)14-20)31(18(2)32)25-9-4-3-8-23(25)30-24/h3-14,21,28,30H,15-16H2,1-2H3/t21-,28-/m1/s1. The fourth-order valence-corrected chi connectivity index (χ4v) is 5.00. The topological polar surface area (TPSA) is 49.4 Å². The Bertz CT molecular complexity index is 1280. The molecular formula is C28H25FN2O2. The first-order chi connectivity index (χ1) is 15.9. The first-order valence-electron chi connectivity index (χ1n) is 11.2. The van der Waals surface area contributed by atoms with Crippen LogP contribution in [0.5, 0.6) is 0 Å². The number of carbonyl (C=O) groups is 2. The number of allylic oxidation sites excluding steroid dienone is 1. The zero-order valence-electron chi connectivity index (χ0n) is 18.6. The largest absolute Gasteiger partial charge is 0.357 e. The molecule has 0 fully saturated rings. The molecule has 0 bridgehead atoms. The molecule has 1 N–H and O–H groups in total. The summed E-state index contributed by atoms with van der Waals surface area (Å²) in [6.45, 7) is 3.52. The van der Waals surface area contributed by atoms with Crippen LogP contribution >= 0.6 is 0 Å². The molecule has 0 unspecified atom stereocenters. The molecule has 2 aliphatic rings. The van der Waals surface area contributed by atoms with Crippen LogP contribution in [0.25, 0.3) is 0 Å². The predicted octanol–water partition coefficient (Wildman–Crippen LogP) is 6.05. The third-order valence-electron chi connectivity index (χ3n) is 6.54. The summed E-state index contributed by atoms with van der Waals surface area (Å²) in [7, 11) is 0. The number of ketones is 1. The number of hydrogen-bond acceptors (Lipinski definition) is 3. The van der Waals surface area contributed by atoms with Crippen molar-refractivity contribution >= 4 is 23.1 Å². The lowest BCUT2D eigenvalue weighted by molar-refractivity contribution is -0.117. The number of aryl methyl sites for hydroxylation is 1. The SMILES string of the molecule is CC(=O)N1c2ccccc2NC2=C(C(=O)C[C@H](c3ccc(C)cc3)C2)[C@H]1c1cccc(F)c1. The van der Waals surface area contributed by atoms with Crippen molar-refractivity contribution in [3.63, 3.8) is 0 Å². The van der Waals surface area contributed by atoms with Crippen LogP contribution in [0.15, 0.2) is 84.1 Å². The van der Waals surface area contributed by atoms with Gasteiger partial charge in [-0.3, -0.25) is 14.5 Å². The van der Waals surface area contributed by atoms with E-state index in [9.17, 15) is 14.0 Å². The van der Waals surface area contributed by atoms with Crippen molar-refractivity contribution in [1.82, 2.24) is 0 Å². The summed E-state index contributed by atoms with van der Waals surface area (Å²) in [5.41, 5.74) is 5.64. The Hall–Kier alpha value is -3.73. The summed E-state index contributed by atoms with van der Waals surface area (Å²) in [5, 5.41) is 3.47. The first-order valence-corrected chi connectivity index (χ1v) is 11.2. The van der Waals surface area contributed by atoms with Gasteiger partial charge in [0.05, 0.1) is 17.4 Å². The van der Waals surface area contributed by atoms with Crippen molar-refractivity contribution in [1.29, 1.82) is 0 Å². The number of anilines is 2. The summed E-state index contributed by atoms with van der Waals surface area (Å²) in [6, 6.07) is 21.3. The maximum Gasteiger partial charge on any atom is 0.224 e. The Morgan fingerprint density at radius 3 is 2.45 bits per heavy atom. The summed E-state index contributed by atoms with van der Waals surface area (Å²) in [5.74, 6) is -0.596. The quantitative estimate of drug-likeness (QED) is 0.527. The van der Waals surface area contributed by atoms with Gasteiger partial charge in [-0.15, -0.1) is 0 Å². The van der Waals surface area contributed by atoms with Crippen LogP contribution in [0.3, 0.4) is 0 Å². The molecule has 1 amide bonds. The lowest BCUT2D eigenvalue weighted by Crippen LogP contribution is -2.37. The molecule has 5 heteroatoms. The minimum Gasteiger partial charge on any atom is -0.357 e. The van der Waals surface area contributed by atoms with Gasteiger partial charge in [0, 0.05) is 24.6 Å². The molecule has 166 valence electrons. The molecule has 3 aromatic rings. The maximum absolute atomic E-state index is 14.3. The summed E-state index contributed by atoms with van der Waals surface area (Å²) < 4.78 is 14.3. The normalized spacial score (nSPS) is 20.0. The third-order valence-corrected chi connectivity index (χ3v) is 6.54. The van der Waals surface area contributed by atoms with Crippen molar-refractivity contribution in [2.24, 2.45) is 0 Å². The van der Waals surface area contributed by atoms with Crippen LogP contribution in [0, 0.1) is 12.7 Å². The number of nitrogens with zero attached hydrogens (tertiary/aromatic N) is 1. The van der Waals surface area contributed by atoms with Crippen molar-refractivity contribution in [2.45, 2.75) is 38.6 Å². The minimum atomic E-state index is -0.698. The third kappa shape index (κ3) is 3.84. The lowest BCUT2D eigenvalue weighted by atomic mass is 9.78. The maximum atomic E-state index is 14.3. The van der Waals surface area contributed by atoms with Crippen LogP contribution in [0.1, 0.15) is 48.4 Å². The highest BCUT2D eigenvalue weighted by molar-refractivity contribution is 6.06. The smallest absolute Gasteiger partial charge is 0.224 e. The molecular weight excluding hydrogens is 415 g/mol. The Morgan fingerprint density at radius 1 is 0.970 bits per heavy atom. The Morgan fingerprint density at radius 2 is 1.73 bits per heavy atom. The first kappa shape index (κ1) is 21.1. The molecule has 1 aliphatic carbocycles. The number of benzene rings is 3. The highest BCUT2D eigenvalue weighted by atomic mass is 19.1. The van der Waals surface area contributed by atoms with E-state index in [1.165, 1.54) is 24.6 Å². The van der Waals surface area contributed by atoms with Gasteiger partial charge < -0.3 is 5.32 Å². The second kappa shape index (κ2) is 8.32. The van der Waals surface area contributed by atoms with Crippen LogP contribution in [0.2, 0.25) is 0 Å². The molecule has 5 rings (SSSR count). The zero-order chi connectivity index (χ0) is 23.1. The summed E-state index contributed by atoms with van der Waals surface area (Å²) >= 11 is 0. The molecule has 0 spiro atoms. The Kier molecular flexibility index (Phi) is 5.33. The van der Waals surface area contributed by atoms with E-state index in [4.69, 9.17) is 0 Å². The Labute approximate surface area is 192 Å². The van der Waals surface area contributed by atoms with Crippen LogP contribution in [-0.4, -0.2) is 11.7 Å². The summed E-state index contributed by atoms with van der Waals surface area (Å²) in [4.78, 5) is 28.3. The number of para-hydroxylation sites is 2. The molecule has 0 saturated carbocycles. The van der Waals surface area contributed by atoms with Crippen molar-refractivity contribution in [3.8, 4) is 0 Å². The van der Waals surface area contributed by atoms with Gasteiger partial charge >= 0.3 is 0 Å². The number of fused-ring (bicyclic) bond motifs is 1. The molecule has 2 atom stereocenters. The number of carbonyl (C=O) groups excluding carboxylic acids is 2. The lowest BCUT2D eigenvalue weighted by Gasteiger charge is -2.34. The summed E-state index contributed by atoms with van der Waals surface area (Å²) in [6.07, 6.45) is 0.980. The van der Waals surface area contributed by atoms with E-state index in [1.807, 2.05) is 31.2 Å². The second-order valence-electron chi connectivity index (χ2n) is 8.82. The average Bonchev–Trinajstić information content (AvgIpc) is 2.94. The van der Waals surface area contributed by atoms with Gasteiger partial charge in [0.25, 0.3) is 0 Å². The molecule has 0 radical (unpaired) electrons. The van der Waals surface area contributed by atoms with E-state index >= 15 is 0 Å². The van der Waals surface area contributed by atoms with Gasteiger partial charge in [0.1, 0.15) is 5.82 Å². The number of hydrogen-bond donors (Lipinski definition) is 1. The average molecular weight is 441 g/mol. The van der Waals surface area contributed by atoms with Gasteiger partial charge in [0.15, 0.2) is 5.78 Å². The molecule has 3 aromatic carbocycles. The molecule has 33 heavy (non-hydrogen) atoms. The molecule has 1 heterocycles. The van der Waals surface area contributed by atoms with E-state index in [0.29, 0.717) is 29.7 Å². The number of rotatable bonds is 2. The monoisotopic (exact) mass is 440 g/mol. The highest BCUT2D eigenvalue weighted by Crippen LogP contribution is 2.47. The van der Waals surface area contributed by atoms with Crippen LogP contribution in [0.4, 0.5) is 15.8 Å². The van der Waals surface area contributed by atoms with E-state index in [2.05, 4.69) is 29.6 Å². The molecule has 1 aliphatic heterocycles. The van der Waals surface area contributed by atoms with Gasteiger partial charge in [-0.05, 0) is 54.7 Å². The van der Waals surface area contributed by atoms with E-state index in [-0.39, 0.29) is 17.6 Å². The van der Waals surface area contributed by atoms with Crippen LogP contribution in [-0.2, 0) is 9.59 Å². The molecule has 0 saturated heterocycles. The van der Waals surface area contributed by atoms with E-state index < -0.39 is 11.9 Å². The fraction of sp³-hybridized carbons (Fsp3) is 0.214. The zero-order valence-corrected chi connectivity index (χ0v) is 18.6. The van der Waals surface area contributed by atoms with Gasteiger partial charge in [-0.2, -0.15) is 0 Å². The van der Waals surface area contributed by atoms with Crippen molar-refractivity contribution in [2.75, 3.05) is 10.2 Å². The molecule has 4 nitrogen and oxygen atoms in total. The predicted molar refractivity (Wildman–Crippen MR) is 128 cm³/mol. The van der Waals surface area contributed by atoms with Gasteiger partial charge in [0.2, 0.25) is 5.91 Å². The van der Waals surface area contributed by atoms with E-state index in [0.717, 1.165) is 16.9 Å². The van der Waals surface area contributed by atoms with E-state index in [1.54, 1.807) is 17.0 Å². The Balaban J connectivity index is 1.70. The number of Topliss-reactive ketones (excluding diaryl/α,β-unsaturated/α-hetero) is 1. The number of nitrogens with one attached hydrogen (secondary N) is 1. The van der Waals surface area contributed by atoms with Crippen LogP contribution < -0.4 is 10.2 Å². The van der Waals surface area contributed by atoms with Gasteiger partial charge in [-0.25, -0.2) is 4.39 Å². The molecule has 0 aromatic heterocycles. The second-order valence-corrected chi connectivity index (χ2v) is 8.82. The minimum absolute atomic E-state index is 0.0253. The number of amides is 1. The highest BCUT2D eigenvalue weighted by Gasteiger charge is 2.40. The van der Waals surface area contributed by atoms with Crippen molar-refractivity contribution in [3.05, 3.63) is 107 Å². The number of halogens is 1.